The highest BCUT2D eigenvalue weighted by Gasteiger charge is 2.24. The van der Waals surface area contributed by atoms with Gasteiger partial charge in [-0.2, -0.15) is 4.72 Å². The van der Waals surface area contributed by atoms with Crippen molar-refractivity contribution >= 4 is 16.0 Å². The summed E-state index contributed by atoms with van der Waals surface area (Å²) >= 11 is 0. The SMILES string of the molecule is O=C(CNS(=O)(=O)c1ccc(F)c(F)c1F)OCc1ccccc1. The van der Waals surface area contributed by atoms with Crippen LogP contribution in [0.15, 0.2) is 47.4 Å². The van der Waals surface area contributed by atoms with Crippen molar-refractivity contribution in [2.45, 2.75) is 11.5 Å². The lowest BCUT2D eigenvalue weighted by Gasteiger charge is -2.09. The van der Waals surface area contributed by atoms with Gasteiger partial charge < -0.3 is 4.74 Å². The minimum absolute atomic E-state index is 0.0685. The molecule has 9 heteroatoms. The number of sulfonamides is 1. The van der Waals surface area contributed by atoms with Crippen LogP contribution in [0.4, 0.5) is 13.2 Å². The number of ether oxygens (including phenoxy) is 1. The predicted molar refractivity (Wildman–Crippen MR) is 77.7 cm³/mol. The third-order valence-electron chi connectivity index (χ3n) is 2.94. The molecular weight excluding hydrogens is 347 g/mol. The maximum atomic E-state index is 13.5. The molecule has 2 aromatic carbocycles. The third-order valence-corrected chi connectivity index (χ3v) is 4.36. The lowest BCUT2D eigenvalue weighted by molar-refractivity contribution is -0.143. The van der Waals surface area contributed by atoms with Crippen molar-refractivity contribution < 1.29 is 31.1 Å². The van der Waals surface area contributed by atoms with Gasteiger partial charge >= 0.3 is 5.97 Å². The van der Waals surface area contributed by atoms with Crippen LogP contribution in [-0.2, 0) is 26.2 Å². The Labute approximate surface area is 136 Å². The van der Waals surface area contributed by atoms with E-state index < -0.39 is 44.9 Å². The van der Waals surface area contributed by atoms with E-state index in [1.807, 2.05) is 0 Å². The second kappa shape index (κ2) is 7.45. The summed E-state index contributed by atoms with van der Waals surface area (Å²) in [6.45, 7) is -0.853. The van der Waals surface area contributed by atoms with Crippen molar-refractivity contribution in [3.05, 3.63) is 65.5 Å². The molecule has 2 rings (SSSR count). The third kappa shape index (κ3) is 4.33. The molecule has 0 aromatic heterocycles. The standard InChI is InChI=1S/C15H12F3NO4S/c16-11-6-7-12(15(18)14(11)17)24(21,22)19-8-13(20)23-9-10-4-2-1-3-5-10/h1-7,19H,8-9H2. The first-order chi connectivity index (χ1) is 11.3. The number of halogens is 3. The number of benzene rings is 2. The second-order valence-corrected chi connectivity index (χ2v) is 6.38. The van der Waals surface area contributed by atoms with Crippen molar-refractivity contribution in [3.63, 3.8) is 0 Å². The Morgan fingerprint density at radius 3 is 2.33 bits per heavy atom. The first-order valence-electron chi connectivity index (χ1n) is 6.64. The van der Waals surface area contributed by atoms with Gasteiger partial charge in [-0.05, 0) is 17.7 Å². The Balaban J connectivity index is 1.98. The number of hydrogen-bond donors (Lipinski definition) is 1. The van der Waals surface area contributed by atoms with Crippen molar-refractivity contribution in [2.75, 3.05) is 6.54 Å². The van der Waals surface area contributed by atoms with Gasteiger partial charge in [0, 0.05) is 0 Å². The zero-order valence-corrected chi connectivity index (χ0v) is 12.9. The fraction of sp³-hybridized carbons (Fsp3) is 0.133. The van der Waals surface area contributed by atoms with Gasteiger partial charge in [-0.1, -0.05) is 30.3 Å². The van der Waals surface area contributed by atoms with E-state index in [2.05, 4.69) is 0 Å². The monoisotopic (exact) mass is 359 g/mol. The molecule has 0 unspecified atom stereocenters. The minimum atomic E-state index is -4.54. The molecule has 0 fully saturated rings. The van der Waals surface area contributed by atoms with Crippen molar-refractivity contribution in [3.8, 4) is 0 Å². The number of carbonyl (C=O) groups is 1. The van der Waals surface area contributed by atoms with E-state index in [9.17, 15) is 26.4 Å². The van der Waals surface area contributed by atoms with Gasteiger partial charge in [-0.25, -0.2) is 21.6 Å². The molecule has 128 valence electrons. The quantitative estimate of drug-likeness (QED) is 0.634. The molecule has 0 aliphatic heterocycles. The van der Waals surface area contributed by atoms with Gasteiger partial charge in [0.25, 0.3) is 0 Å². The molecule has 24 heavy (non-hydrogen) atoms. The van der Waals surface area contributed by atoms with Gasteiger partial charge in [0.1, 0.15) is 18.0 Å². The Morgan fingerprint density at radius 2 is 1.67 bits per heavy atom. The summed E-state index contributed by atoms with van der Waals surface area (Å²) in [4.78, 5) is 10.4. The van der Waals surface area contributed by atoms with Gasteiger partial charge in [-0.15, -0.1) is 0 Å². The molecule has 5 nitrogen and oxygen atoms in total. The molecule has 0 heterocycles. The lowest BCUT2D eigenvalue weighted by atomic mass is 10.2. The van der Waals surface area contributed by atoms with E-state index >= 15 is 0 Å². The summed E-state index contributed by atoms with van der Waals surface area (Å²) in [5, 5.41) is 0. The van der Waals surface area contributed by atoms with Gasteiger partial charge in [-0.3, -0.25) is 4.79 Å². The molecule has 0 amide bonds. The average molecular weight is 359 g/mol. The zero-order valence-electron chi connectivity index (χ0n) is 12.1. The molecule has 0 aliphatic carbocycles. The molecule has 0 spiro atoms. The summed E-state index contributed by atoms with van der Waals surface area (Å²) < 4.78 is 69.7. The molecule has 2 aromatic rings. The Morgan fingerprint density at radius 1 is 1.00 bits per heavy atom. The number of carbonyl (C=O) groups excluding carboxylic acids is 1. The van der Waals surface area contributed by atoms with E-state index in [0.29, 0.717) is 17.7 Å². The Kier molecular flexibility index (Phi) is 5.58. The summed E-state index contributed by atoms with van der Waals surface area (Å²) in [6, 6.07) is 9.68. The first-order valence-corrected chi connectivity index (χ1v) is 8.12. The summed E-state index contributed by atoms with van der Waals surface area (Å²) in [5.74, 6) is -6.20. The number of nitrogens with one attached hydrogen (secondary N) is 1. The zero-order chi connectivity index (χ0) is 17.7. The van der Waals surface area contributed by atoms with Gasteiger partial charge in [0.15, 0.2) is 17.5 Å². The highest BCUT2D eigenvalue weighted by atomic mass is 32.2. The minimum Gasteiger partial charge on any atom is -0.460 e. The smallest absolute Gasteiger partial charge is 0.321 e. The fourth-order valence-corrected chi connectivity index (χ4v) is 2.77. The van der Waals surface area contributed by atoms with Crippen molar-refractivity contribution in [1.82, 2.24) is 4.72 Å². The molecule has 1 N–H and O–H groups in total. The first kappa shape index (κ1) is 18.0. The Bertz CT molecular complexity index is 841. The number of esters is 1. The van der Waals surface area contributed by atoms with Crippen LogP contribution in [-0.4, -0.2) is 20.9 Å². The number of rotatable bonds is 6. The maximum Gasteiger partial charge on any atom is 0.321 e. The Hall–Kier alpha value is -2.39. The highest BCUT2D eigenvalue weighted by Crippen LogP contribution is 2.19. The second-order valence-electron chi connectivity index (χ2n) is 4.64. The van der Waals surface area contributed by atoms with Crippen LogP contribution in [0, 0.1) is 17.5 Å². The van der Waals surface area contributed by atoms with Crippen LogP contribution in [0.1, 0.15) is 5.56 Å². The lowest BCUT2D eigenvalue weighted by Crippen LogP contribution is -2.31. The maximum absolute atomic E-state index is 13.5. The van der Waals surface area contributed by atoms with Crippen LogP contribution < -0.4 is 4.72 Å². The van der Waals surface area contributed by atoms with Gasteiger partial charge in [0.2, 0.25) is 10.0 Å². The van der Waals surface area contributed by atoms with Crippen LogP contribution in [0.25, 0.3) is 0 Å². The fourth-order valence-electron chi connectivity index (χ4n) is 1.74. The highest BCUT2D eigenvalue weighted by molar-refractivity contribution is 7.89. The van der Waals surface area contributed by atoms with Crippen LogP contribution in [0.2, 0.25) is 0 Å². The number of hydrogen-bond acceptors (Lipinski definition) is 4. The van der Waals surface area contributed by atoms with Gasteiger partial charge in [0.05, 0.1) is 0 Å². The van der Waals surface area contributed by atoms with E-state index in [4.69, 9.17) is 4.74 Å². The molecule has 0 saturated carbocycles. The van der Waals surface area contributed by atoms with Crippen LogP contribution >= 0.6 is 0 Å². The summed E-state index contributed by atoms with van der Waals surface area (Å²) in [7, 11) is -4.54. The molecular formula is C15H12F3NO4S. The molecule has 0 bridgehead atoms. The molecule has 0 radical (unpaired) electrons. The van der Waals surface area contributed by atoms with E-state index in [1.54, 1.807) is 35.1 Å². The normalized spacial score (nSPS) is 11.3. The summed E-state index contributed by atoms with van der Waals surface area (Å²) in [5.41, 5.74) is 0.695. The van der Waals surface area contributed by atoms with Crippen LogP contribution in [0.5, 0.6) is 0 Å². The molecule has 0 aliphatic rings. The van der Waals surface area contributed by atoms with Crippen molar-refractivity contribution in [1.29, 1.82) is 0 Å². The van der Waals surface area contributed by atoms with E-state index in [-0.39, 0.29) is 6.61 Å². The topological polar surface area (TPSA) is 72.5 Å². The average Bonchev–Trinajstić information content (AvgIpc) is 2.57. The summed E-state index contributed by atoms with van der Waals surface area (Å²) in [6.07, 6.45) is 0. The molecule has 0 atom stereocenters. The predicted octanol–water partition coefficient (Wildman–Crippen LogP) is 2.13. The van der Waals surface area contributed by atoms with Crippen LogP contribution in [0.3, 0.4) is 0 Å². The van der Waals surface area contributed by atoms with Crippen molar-refractivity contribution in [2.24, 2.45) is 0 Å². The van der Waals surface area contributed by atoms with E-state index in [1.165, 1.54) is 0 Å². The molecule has 0 saturated heterocycles. The van der Waals surface area contributed by atoms with E-state index in [0.717, 1.165) is 0 Å². The largest absolute Gasteiger partial charge is 0.460 e.